The van der Waals surface area contributed by atoms with Gasteiger partial charge < -0.3 is 10.2 Å². The molecule has 0 aliphatic carbocycles. The topological polar surface area (TPSA) is 35.6 Å². The first-order chi connectivity index (χ1) is 14.8. The molecular formula is C23H24F3N3OS. The number of para-hydroxylation sites is 1. The van der Waals surface area contributed by atoms with Crippen molar-refractivity contribution in [3.05, 3.63) is 48.0 Å². The van der Waals surface area contributed by atoms with Crippen LogP contribution in [0.2, 0.25) is 0 Å². The highest BCUT2D eigenvalue weighted by Crippen LogP contribution is 2.49. The van der Waals surface area contributed by atoms with Gasteiger partial charge in [-0.25, -0.2) is 0 Å². The first-order valence-corrected chi connectivity index (χ1v) is 11.4. The molecule has 0 radical (unpaired) electrons. The van der Waals surface area contributed by atoms with E-state index in [-0.39, 0.29) is 18.5 Å². The lowest BCUT2D eigenvalue weighted by atomic mass is 9.98. The van der Waals surface area contributed by atoms with Crippen molar-refractivity contribution in [3.8, 4) is 0 Å². The summed E-state index contributed by atoms with van der Waals surface area (Å²) in [7, 11) is 2.17. The second kappa shape index (κ2) is 7.83. The molecule has 3 atom stereocenters. The summed E-state index contributed by atoms with van der Waals surface area (Å²) in [5, 5.41) is 3.40. The highest BCUT2D eigenvalue weighted by atomic mass is 32.2. The quantitative estimate of drug-likeness (QED) is 0.714. The van der Waals surface area contributed by atoms with Crippen LogP contribution >= 0.6 is 11.8 Å². The lowest BCUT2D eigenvalue weighted by Gasteiger charge is -2.37. The van der Waals surface area contributed by atoms with Gasteiger partial charge in [0.25, 0.3) is 0 Å². The van der Waals surface area contributed by atoms with E-state index in [0.717, 1.165) is 29.9 Å². The fourth-order valence-corrected chi connectivity index (χ4v) is 6.13. The molecule has 31 heavy (non-hydrogen) atoms. The van der Waals surface area contributed by atoms with Crippen LogP contribution in [0.25, 0.3) is 0 Å². The smallest absolute Gasteiger partial charge is 0.305 e. The number of benzene rings is 2. The van der Waals surface area contributed by atoms with Crippen molar-refractivity contribution in [1.82, 2.24) is 10.2 Å². The molecule has 0 spiro atoms. The summed E-state index contributed by atoms with van der Waals surface area (Å²) in [5.74, 6) is -0.236. The van der Waals surface area contributed by atoms with Crippen LogP contribution in [0.1, 0.15) is 31.2 Å². The monoisotopic (exact) mass is 447 g/mol. The predicted molar refractivity (Wildman–Crippen MR) is 115 cm³/mol. The molecule has 0 saturated carbocycles. The van der Waals surface area contributed by atoms with Gasteiger partial charge >= 0.3 is 6.18 Å². The molecule has 2 bridgehead atoms. The van der Waals surface area contributed by atoms with Gasteiger partial charge in [0.1, 0.15) is 0 Å². The van der Waals surface area contributed by atoms with Crippen LogP contribution in [0, 0.1) is 0 Å². The molecule has 2 aromatic carbocycles. The first-order valence-electron chi connectivity index (χ1n) is 10.6. The Morgan fingerprint density at radius 3 is 2.45 bits per heavy atom. The fourth-order valence-electron chi connectivity index (χ4n) is 5.09. The number of amides is 1. The van der Waals surface area contributed by atoms with Crippen LogP contribution in [0.4, 0.5) is 24.5 Å². The van der Waals surface area contributed by atoms with Gasteiger partial charge in [-0.15, -0.1) is 0 Å². The van der Waals surface area contributed by atoms with E-state index in [0.29, 0.717) is 28.4 Å². The van der Waals surface area contributed by atoms with Crippen molar-refractivity contribution in [2.75, 3.05) is 18.5 Å². The number of halogens is 3. The molecule has 3 aliphatic heterocycles. The lowest BCUT2D eigenvalue weighted by Crippen LogP contribution is -2.49. The number of piperidine rings is 1. The maximum absolute atomic E-state index is 13.4. The molecule has 3 heterocycles. The summed E-state index contributed by atoms with van der Waals surface area (Å²) in [6.45, 7) is 0.0997. The van der Waals surface area contributed by atoms with Crippen molar-refractivity contribution in [2.24, 2.45) is 0 Å². The Morgan fingerprint density at radius 2 is 1.74 bits per heavy atom. The van der Waals surface area contributed by atoms with E-state index in [9.17, 15) is 18.0 Å². The summed E-state index contributed by atoms with van der Waals surface area (Å²) in [5.41, 5.74) is 0.187. The minimum atomic E-state index is -4.46. The zero-order valence-electron chi connectivity index (χ0n) is 17.2. The number of nitrogens with one attached hydrogen (secondary N) is 1. The first kappa shape index (κ1) is 20.8. The zero-order valence-corrected chi connectivity index (χ0v) is 18.0. The fraction of sp³-hybridized carbons (Fsp3) is 0.435. The SMILES string of the molecule is CN1[C@@H]2CC[C@H]1CC(NCC(=O)N1c3ccccc3Sc3ccc(C(F)(F)F)cc31)C2. The average molecular weight is 448 g/mol. The van der Waals surface area contributed by atoms with Crippen LogP contribution in [0.5, 0.6) is 0 Å². The third-order valence-corrected chi connectivity index (χ3v) is 7.87. The van der Waals surface area contributed by atoms with Gasteiger partial charge in [-0.3, -0.25) is 9.69 Å². The van der Waals surface area contributed by atoms with Gasteiger partial charge in [0.05, 0.1) is 23.5 Å². The summed E-state index contributed by atoms with van der Waals surface area (Å²) >= 11 is 1.39. The van der Waals surface area contributed by atoms with Gasteiger partial charge in [-0.1, -0.05) is 23.9 Å². The van der Waals surface area contributed by atoms with Crippen molar-refractivity contribution < 1.29 is 18.0 Å². The van der Waals surface area contributed by atoms with E-state index in [2.05, 4.69) is 17.3 Å². The van der Waals surface area contributed by atoms with Crippen LogP contribution in [-0.4, -0.2) is 42.5 Å². The standard InChI is InChI=1S/C23H24F3N3OS/c1-28-16-7-8-17(28)12-15(11-16)27-13-22(30)29-18-4-2-3-5-20(18)31-21-9-6-14(10-19(21)29)23(24,25)26/h2-6,9-10,15-17,27H,7-8,11-13H2,1H3/t15?,16-,17+. The molecule has 4 nitrogen and oxygen atoms in total. The molecule has 164 valence electrons. The number of alkyl halides is 3. The van der Waals surface area contributed by atoms with Gasteiger partial charge in [-0.2, -0.15) is 13.2 Å². The largest absolute Gasteiger partial charge is 0.416 e. The number of hydrogen-bond donors (Lipinski definition) is 1. The Hall–Kier alpha value is -2.03. The van der Waals surface area contributed by atoms with Gasteiger partial charge in [0, 0.05) is 27.9 Å². The third kappa shape index (κ3) is 3.85. The zero-order chi connectivity index (χ0) is 21.8. The van der Waals surface area contributed by atoms with Crippen LogP contribution in [-0.2, 0) is 11.0 Å². The van der Waals surface area contributed by atoms with Crippen LogP contribution in [0.3, 0.4) is 0 Å². The van der Waals surface area contributed by atoms with E-state index in [4.69, 9.17) is 0 Å². The Morgan fingerprint density at radius 1 is 1.06 bits per heavy atom. The van der Waals surface area contributed by atoms with Gasteiger partial charge in [0.2, 0.25) is 5.91 Å². The van der Waals surface area contributed by atoms with Crippen molar-refractivity contribution in [2.45, 2.75) is 59.8 Å². The van der Waals surface area contributed by atoms with E-state index in [1.54, 1.807) is 12.1 Å². The molecule has 8 heteroatoms. The third-order valence-electron chi connectivity index (χ3n) is 6.74. The van der Waals surface area contributed by atoms with Crippen LogP contribution in [0.15, 0.2) is 52.3 Å². The highest BCUT2D eigenvalue weighted by Gasteiger charge is 2.39. The lowest BCUT2D eigenvalue weighted by molar-refractivity contribution is -0.137. The Labute approximate surface area is 183 Å². The van der Waals surface area contributed by atoms with E-state index in [1.807, 2.05) is 12.1 Å². The number of rotatable bonds is 3. The number of nitrogens with zero attached hydrogens (tertiary/aromatic N) is 2. The predicted octanol–water partition coefficient (Wildman–Crippen LogP) is 5.05. The van der Waals surface area contributed by atoms with Crippen molar-refractivity contribution in [3.63, 3.8) is 0 Å². The molecule has 3 aliphatic rings. The second-order valence-electron chi connectivity index (χ2n) is 8.58. The van der Waals surface area contributed by atoms with E-state index in [1.165, 1.54) is 35.6 Å². The van der Waals surface area contributed by atoms with E-state index < -0.39 is 11.7 Å². The average Bonchev–Trinajstić information content (AvgIpc) is 2.95. The number of carbonyl (C=O) groups is 1. The van der Waals surface area contributed by atoms with E-state index >= 15 is 0 Å². The molecule has 1 amide bonds. The molecule has 0 aromatic heterocycles. The molecule has 2 fully saturated rings. The Balaban J connectivity index is 1.40. The minimum Gasteiger partial charge on any atom is -0.305 e. The van der Waals surface area contributed by atoms with Gasteiger partial charge in [0.15, 0.2) is 0 Å². The molecule has 1 N–H and O–H groups in total. The summed E-state index contributed by atoms with van der Waals surface area (Å²) in [4.78, 5) is 18.7. The summed E-state index contributed by atoms with van der Waals surface area (Å²) < 4.78 is 40.1. The molecule has 2 aromatic rings. The number of carbonyl (C=O) groups excluding carboxylic acids is 1. The molecule has 2 saturated heterocycles. The van der Waals surface area contributed by atoms with Crippen molar-refractivity contribution in [1.29, 1.82) is 0 Å². The molecule has 1 unspecified atom stereocenters. The summed E-state index contributed by atoms with van der Waals surface area (Å²) in [6.07, 6.45) is -0.0741. The van der Waals surface area contributed by atoms with Crippen molar-refractivity contribution >= 4 is 29.0 Å². The second-order valence-corrected chi connectivity index (χ2v) is 9.66. The summed E-state index contributed by atoms with van der Waals surface area (Å²) in [6, 6.07) is 12.3. The normalized spacial score (nSPS) is 25.3. The maximum atomic E-state index is 13.4. The Kier molecular flexibility index (Phi) is 5.27. The van der Waals surface area contributed by atoms with Crippen LogP contribution < -0.4 is 10.2 Å². The highest BCUT2D eigenvalue weighted by molar-refractivity contribution is 7.99. The molecule has 5 rings (SSSR count). The Bertz CT molecular complexity index is 998. The van der Waals surface area contributed by atoms with Gasteiger partial charge in [-0.05, 0) is 63.1 Å². The maximum Gasteiger partial charge on any atom is 0.416 e. The number of hydrogen-bond acceptors (Lipinski definition) is 4. The molecular weight excluding hydrogens is 423 g/mol. The number of anilines is 2. The minimum absolute atomic E-state index is 0.0997. The number of fused-ring (bicyclic) bond motifs is 4.